The van der Waals surface area contributed by atoms with Gasteiger partial charge in [-0.3, -0.25) is 14.3 Å². The van der Waals surface area contributed by atoms with E-state index in [1.807, 2.05) is 56.3 Å². The molecule has 0 saturated heterocycles. The third kappa shape index (κ3) is 4.67. The van der Waals surface area contributed by atoms with Gasteiger partial charge in [-0.1, -0.05) is 53.9 Å². The lowest BCUT2D eigenvalue weighted by atomic mass is 10.00. The first-order valence-corrected chi connectivity index (χ1v) is 12.2. The van der Waals surface area contributed by atoms with Crippen LogP contribution in [0.3, 0.4) is 0 Å². The maximum Gasteiger partial charge on any atom is 0.283 e. The van der Waals surface area contributed by atoms with E-state index in [9.17, 15) is 9.59 Å². The van der Waals surface area contributed by atoms with Crippen LogP contribution in [0.1, 0.15) is 40.2 Å². The molecule has 0 fully saturated rings. The molecule has 0 aliphatic heterocycles. The predicted molar refractivity (Wildman–Crippen MR) is 137 cm³/mol. The maximum absolute atomic E-state index is 13.3. The number of nitrogens with zero attached hydrogens (tertiary/aromatic N) is 1. The lowest BCUT2D eigenvalue weighted by molar-refractivity contribution is 0.0972. The molecule has 174 valence electrons. The van der Waals surface area contributed by atoms with E-state index >= 15 is 0 Å². The number of nitrogens with one attached hydrogen (secondary N) is 1. The predicted octanol–water partition coefficient (Wildman–Crippen LogP) is 6.27. The summed E-state index contributed by atoms with van der Waals surface area (Å²) < 4.78 is 15.2. The Hall–Kier alpha value is -3.29. The summed E-state index contributed by atoms with van der Waals surface area (Å²) in [5, 5.41) is 0.665. The number of aromatic nitrogens is 1. The number of ether oxygens (including phenoxy) is 1. The molecule has 34 heavy (non-hydrogen) atoms. The van der Waals surface area contributed by atoms with E-state index in [-0.39, 0.29) is 22.0 Å². The molecule has 4 rings (SSSR count). The van der Waals surface area contributed by atoms with Crippen LogP contribution in [-0.4, -0.2) is 17.1 Å². The van der Waals surface area contributed by atoms with Crippen LogP contribution in [0.25, 0.3) is 22.3 Å². The van der Waals surface area contributed by atoms with Gasteiger partial charge in [0.15, 0.2) is 16.9 Å². The SMILES string of the molecule is CSNC(=O)c1nc(Cl)ccc1OC(C)c1cc(C)cc2c(=O)c(C)c(-c3ccccc3)oc12. The Morgan fingerprint density at radius 1 is 1.15 bits per heavy atom. The lowest BCUT2D eigenvalue weighted by Gasteiger charge is -2.19. The number of amides is 1. The van der Waals surface area contributed by atoms with E-state index in [1.54, 1.807) is 25.3 Å². The molecule has 4 aromatic rings. The molecule has 8 heteroatoms. The highest BCUT2D eigenvalue weighted by molar-refractivity contribution is 7.97. The summed E-state index contributed by atoms with van der Waals surface area (Å²) in [5.74, 6) is 0.374. The van der Waals surface area contributed by atoms with Crippen LogP contribution in [0.2, 0.25) is 5.15 Å². The van der Waals surface area contributed by atoms with Crippen molar-refractivity contribution in [2.45, 2.75) is 26.9 Å². The van der Waals surface area contributed by atoms with Crippen LogP contribution >= 0.6 is 23.5 Å². The quantitative estimate of drug-likeness (QED) is 0.251. The van der Waals surface area contributed by atoms with Crippen LogP contribution in [-0.2, 0) is 0 Å². The molecule has 1 atom stereocenters. The molecule has 0 aliphatic carbocycles. The molecule has 6 nitrogen and oxygen atoms in total. The first-order valence-electron chi connectivity index (χ1n) is 10.6. The Bertz CT molecular complexity index is 1440. The molecule has 0 spiro atoms. The van der Waals surface area contributed by atoms with Gasteiger partial charge in [-0.25, -0.2) is 4.98 Å². The normalized spacial score (nSPS) is 11.9. The Kier molecular flexibility index (Phi) is 6.95. The highest BCUT2D eigenvalue weighted by Crippen LogP contribution is 2.33. The highest BCUT2D eigenvalue weighted by atomic mass is 35.5. The van der Waals surface area contributed by atoms with Crippen molar-refractivity contribution in [3.8, 4) is 17.1 Å². The van der Waals surface area contributed by atoms with Crippen molar-refractivity contribution in [2.24, 2.45) is 0 Å². The van der Waals surface area contributed by atoms with Gasteiger partial charge in [0.1, 0.15) is 22.6 Å². The van der Waals surface area contributed by atoms with Gasteiger partial charge in [0.05, 0.1) is 5.39 Å². The molecular weight excluding hydrogens is 472 g/mol. The Morgan fingerprint density at radius 3 is 2.59 bits per heavy atom. The average Bonchev–Trinajstić information content (AvgIpc) is 2.83. The molecule has 1 amide bonds. The van der Waals surface area contributed by atoms with Gasteiger partial charge < -0.3 is 9.15 Å². The molecular formula is C26H23ClN2O4S. The van der Waals surface area contributed by atoms with Crippen molar-refractivity contribution in [3.63, 3.8) is 0 Å². The van der Waals surface area contributed by atoms with E-state index in [2.05, 4.69) is 9.71 Å². The van der Waals surface area contributed by atoms with Gasteiger partial charge >= 0.3 is 0 Å². The Balaban J connectivity index is 1.84. The van der Waals surface area contributed by atoms with Gasteiger partial charge in [-0.05, 0) is 50.6 Å². The Morgan fingerprint density at radius 2 is 1.88 bits per heavy atom. The molecule has 1 N–H and O–H groups in total. The Labute approximate surface area is 206 Å². The summed E-state index contributed by atoms with van der Waals surface area (Å²) >= 11 is 7.17. The van der Waals surface area contributed by atoms with Crippen LogP contribution < -0.4 is 14.9 Å². The largest absolute Gasteiger partial charge is 0.483 e. The van der Waals surface area contributed by atoms with E-state index in [4.69, 9.17) is 20.8 Å². The van der Waals surface area contributed by atoms with Crippen LogP contribution in [0, 0.1) is 13.8 Å². The van der Waals surface area contributed by atoms with E-state index in [1.165, 1.54) is 0 Å². The van der Waals surface area contributed by atoms with Gasteiger partial charge in [0.2, 0.25) is 0 Å². The standard InChI is InChI=1S/C26H23ClN2O4S/c1-14-12-18(16(3)32-20-10-11-21(27)28-22(20)26(31)29-34-4)25-19(13-14)23(30)15(2)24(33-25)17-8-6-5-7-9-17/h5-13,16H,1-4H3,(H,29,31). The van der Waals surface area contributed by atoms with Gasteiger partial charge in [0.25, 0.3) is 5.91 Å². The molecule has 0 saturated carbocycles. The van der Waals surface area contributed by atoms with Crippen molar-refractivity contribution in [1.82, 2.24) is 9.71 Å². The minimum Gasteiger partial charge on any atom is -0.483 e. The first kappa shape index (κ1) is 23.9. The third-order valence-corrected chi connectivity index (χ3v) is 6.00. The number of carbonyl (C=O) groups excluding carboxylic acids is 1. The fourth-order valence-corrected chi connectivity index (χ4v) is 4.24. The summed E-state index contributed by atoms with van der Waals surface area (Å²) in [6.45, 7) is 5.52. The third-order valence-electron chi connectivity index (χ3n) is 5.40. The summed E-state index contributed by atoms with van der Waals surface area (Å²) in [7, 11) is 0. The number of hydrogen-bond donors (Lipinski definition) is 1. The van der Waals surface area contributed by atoms with Crippen LogP contribution in [0.4, 0.5) is 0 Å². The fourth-order valence-electron chi connectivity index (χ4n) is 3.81. The summed E-state index contributed by atoms with van der Waals surface area (Å²) in [5.41, 5.74) is 3.38. The van der Waals surface area contributed by atoms with Crippen molar-refractivity contribution < 1.29 is 13.9 Å². The van der Waals surface area contributed by atoms with Crippen molar-refractivity contribution in [1.29, 1.82) is 0 Å². The number of hydrogen-bond acceptors (Lipinski definition) is 6. The molecule has 1 unspecified atom stereocenters. The number of aryl methyl sites for hydroxylation is 1. The zero-order valence-corrected chi connectivity index (χ0v) is 20.7. The zero-order chi connectivity index (χ0) is 24.4. The molecule has 0 aliphatic rings. The fraction of sp³-hybridized carbons (Fsp3) is 0.192. The molecule has 0 bridgehead atoms. The summed E-state index contributed by atoms with van der Waals surface area (Å²) in [4.78, 5) is 29.9. The molecule has 2 heterocycles. The number of halogens is 1. The van der Waals surface area contributed by atoms with Crippen molar-refractivity contribution in [2.75, 3.05) is 6.26 Å². The van der Waals surface area contributed by atoms with E-state index in [0.29, 0.717) is 27.9 Å². The zero-order valence-electron chi connectivity index (χ0n) is 19.1. The summed E-state index contributed by atoms with van der Waals surface area (Å²) in [6, 6.07) is 16.4. The van der Waals surface area contributed by atoms with Gasteiger partial charge in [0, 0.05) is 22.9 Å². The average molecular weight is 495 g/mol. The van der Waals surface area contributed by atoms with Gasteiger partial charge in [-0.15, -0.1) is 0 Å². The highest BCUT2D eigenvalue weighted by Gasteiger charge is 2.22. The molecule has 2 aromatic carbocycles. The van der Waals surface area contributed by atoms with E-state index in [0.717, 1.165) is 23.1 Å². The lowest BCUT2D eigenvalue weighted by Crippen LogP contribution is -2.19. The maximum atomic E-state index is 13.3. The second-order valence-corrected chi connectivity index (χ2v) is 8.86. The second kappa shape index (κ2) is 9.91. The minimum atomic E-state index is -0.555. The van der Waals surface area contributed by atoms with Gasteiger partial charge in [-0.2, -0.15) is 0 Å². The summed E-state index contributed by atoms with van der Waals surface area (Å²) in [6.07, 6.45) is 1.18. The number of fused-ring (bicyclic) bond motifs is 1. The molecule has 2 aromatic heterocycles. The molecule has 0 radical (unpaired) electrons. The number of pyridine rings is 1. The van der Waals surface area contributed by atoms with Crippen molar-refractivity contribution >= 4 is 40.4 Å². The number of benzene rings is 2. The van der Waals surface area contributed by atoms with Crippen molar-refractivity contribution in [3.05, 3.63) is 92.4 Å². The number of rotatable bonds is 6. The minimum absolute atomic E-state index is 0.0768. The monoisotopic (exact) mass is 494 g/mol. The first-order chi connectivity index (χ1) is 16.3. The topological polar surface area (TPSA) is 81.4 Å². The number of carbonyl (C=O) groups is 1. The van der Waals surface area contributed by atoms with Crippen LogP contribution in [0.5, 0.6) is 5.75 Å². The van der Waals surface area contributed by atoms with E-state index < -0.39 is 12.0 Å². The second-order valence-electron chi connectivity index (χ2n) is 7.86. The smallest absolute Gasteiger partial charge is 0.283 e. The van der Waals surface area contributed by atoms with Crippen LogP contribution in [0.15, 0.2) is 63.8 Å².